The highest BCUT2D eigenvalue weighted by molar-refractivity contribution is 5.84. The summed E-state index contributed by atoms with van der Waals surface area (Å²) in [6.45, 7) is 6.42. The summed E-state index contributed by atoms with van der Waals surface area (Å²) < 4.78 is 5.11. The number of ether oxygens (including phenoxy) is 1. The summed E-state index contributed by atoms with van der Waals surface area (Å²) in [5.74, 6) is 0.334. The number of rotatable bonds is 9. The maximum atomic E-state index is 13.0. The number of amides is 1. The Morgan fingerprint density at radius 3 is 2.48 bits per heavy atom. The Labute approximate surface area is 128 Å². The minimum absolute atomic E-state index is 0.111. The van der Waals surface area contributed by atoms with Crippen LogP contribution in [0.2, 0.25) is 0 Å². The SMILES string of the molecule is CCC(C)C(C(=O)N(CCN)CCOC)c1ccccc1. The standard InChI is InChI=1S/C17H28N2O2/c1-4-14(2)16(15-8-6-5-7-9-15)17(20)19(11-10-18)12-13-21-3/h5-9,14,16H,4,10-13,18H2,1-3H3. The Morgan fingerprint density at radius 1 is 1.29 bits per heavy atom. The summed E-state index contributed by atoms with van der Waals surface area (Å²) in [4.78, 5) is 14.8. The Morgan fingerprint density at radius 2 is 1.95 bits per heavy atom. The predicted octanol–water partition coefficient (Wildman–Crippen LogP) is 2.25. The second kappa shape index (κ2) is 9.53. The molecule has 0 heterocycles. The van der Waals surface area contributed by atoms with Gasteiger partial charge >= 0.3 is 0 Å². The van der Waals surface area contributed by atoms with Crippen molar-refractivity contribution in [1.29, 1.82) is 0 Å². The fourth-order valence-corrected chi connectivity index (χ4v) is 2.50. The van der Waals surface area contributed by atoms with Crippen LogP contribution in [0.1, 0.15) is 31.7 Å². The van der Waals surface area contributed by atoms with Crippen molar-refractivity contribution in [2.45, 2.75) is 26.2 Å². The summed E-state index contributed by atoms with van der Waals surface area (Å²) in [7, 11) is 1.65. The predicted molar refractivity (Wildman–Crippen MR) is 86.1 cm³/mol. The van der Waals surface area contributed by atoms with Crippen LogP contribution in [0.4, 0.5) is 0 Å². The average Bonchev–Trinajstić information content (AvgIpc) is 2.52. The van der Waals surface area contributed by atoms with Gasteiger partial charge in [-0.25, -0.2) is 0 Å². The molecule has 0 saturated carbocycles. The van der Waals surface area contributed by atoms with E-state index < -0.39 is 0 Å². The smallest absolute Gasteiger partial charge is 0.230 e. The normalized spacial score (nSPS) is 13.7. The first-order valence-electron chi connectivity index (χ1n) is 7.68. The molecule has 2 unspecified atom stereocenters. The third-order valence-corrected chi connectivity index (χ3v) is 3.91. The molecule has 0 spiro atoms. The summed E-state index contributed by atoms with van der Waals surface area (Å²) in [5, 5.41) is 0. The molecule has 21 heavy (non-hydrogen) atoms. The van der Waals surface area contributed by atoms with Crippen LogP contribution >= 0.6 is 0 Å². The van der Waals surface area contributed by atoms with E-state index in [-0.39, 0.29) is 11.8 Å². The number of hydrogen-bond acceptors (Lipinski definition) is 3. The van der Waals surface area contributed by atoms with E-state index in [0.29, 0.717) is 32.2 Å². The van der Waals surface area contributed by atoms with Crippen molar-refractivity contribution in [3.8, 4) is 0 Å². The molecule has 0 fully saturated rings. The molecular weight excluding hydrogens is 264 g/mol. The number of methoxy groups -OCH3 is 1. The number of benzene rings is 1. The molecule has 0 aliphatic carbocycles. The van der Waals surface area contributed by atoms with Crippen LogP contribution in [0.3, 0.4) is 0 Å². The Kier molecular flexibility index (Phi) is 8.01. The van der Waals surface area contributed by atoms with Gasteiger partial charge in [0.25, 0.3) is 0 Å². The van der Waals surface area contributed by atoms with Crippen LogP contribution in [0.5, 0.6) is 0 Å². The Bertz CT molecular complexity index is 409. The minimum atomic E-state index is -0.111. The van der Waals surface area contributed by atoms with Crippen LogP contribution in [-0.4, -0.2) is 44.2 Å². The van der Waals surface area contributed by atoms with E-state index >= 15 is 0 Å². The third-order valence-electron chi connectivity index (χ3n) is 3.91. The van der Waals surface area contributed by atoms with E-state index in [2.05, 4.69) is 13.8 Å². The summed E-state index contributed by atoms with van der Waals surface area (Å²) in [6.07, 6.45) is 0.964. The number of carbonyl (C=O) groups excluding carboxylic acids is 1. The first-order valence-corrected chi connectivity index (χ1v) is 7.68. The van der Waals surface area contributed by atoms with Crippen molar-refractivity contribution >= 4 is 5.91 Å². The number of carbonyl (C=O) groups is 1. The highest BCUT2D eigenvalue weighted by Gasteiger charge is 2.29. The van der Waals surface area contributed by atoms with Gasteiger partial charge < -0.3 is 15.4 Å². The summed E-state index contributed by atoms with van der Waals surface area (Å²) >= 11 is 0. The van der Waals surface area contributed by atoms with E-state index in [1.54, 1.807) is 7.11 Å². The van der Waals surface area contributed by atoms with E-state index in [0.717, 1.165) is 12.0 Å². The lowest BCUT2D eigenvalue weighted by molar-refractivity contribution is -0.134. The molecule has 1 rings (SSSR count). The lowest BCUT2D eigenvalue weighted by Crippen LogP contribution is -2.42. The van der Waals surface area contributed by atoms with Gasteiger partial charge in [-0.1, -0.05) is 50.6 Å². The van der Waals surface area contributed by atoms with Crippen LogP contribution in [0, 0.1) is 5.92 Å². The number of nitrogens with zero attached hydrogens (tertiary/aromatic N) is 1. The van der Waals surface area contributed by atoms with Crippen molar-refractivity contribution in [2.24, 2.45) is 11.7 Å². The lowest BCUT2D eigenvalue weighted by Gasteiger charge is -2.30. The molecule has 0 bridgehead atoms. The van der Waals surface area contributed by atoms with Gasteiger partial charge in [0, 0.05) is 26.7 Å². The summed E-state index contributed by atoms with van der Waals surface area (Å²) in [5.41, 5.74) is 6.73. The van der Waals surface area contributed by atoms with Crippen LogP contribution in [0.25, 0.3) is 0 Å². The second-order valence-corrected chi connectivity index (χ2v) is 5.38. The van der Waals surface area contributed by atoms with Gasteiger partial charge in [0.1, 0.15) is 0 Å². The highest BCUT2D eigenvalue weighted by Crippen LogP contribution is 2.29. The van der Waals surface area contributed by atoms with Crippen molar-refractivity contribution in [3.05, 3.63) is 35.9 Å². The van der Waals surface area contributed by atoms with Crippen molar-refractivity contribution in [3.63, 3.8) is 0 Å². The molecule has 118 valence electrons. The second-order valence-electron chi connectivity index (χ2n) is 5.38. The fraction of sp³-hybridized carbons (Fsp3) is 0.588. The maximum absolute atomic E-state index is 13.0. The first-order chi connectivity index (χ1) is 10.2. The largest absolute Gasteiger partial charge is 0.383 e. The molecule has 0 saturated heterocycles. The van der Waals surface area contributed by atoms with Crippen LogP contribution in [-0.2, 0) is 9.53 Å². The zero-order valence-electron chi connectivity index (χ0n) is 13.4. The number of nitrogens with two attached hydrogens (primary N) is 1. The van der Waals surface area contributed by atoms with Gasteiger partial charge in [0.15, 0.2) is 0 Å². The maximum Gasteiger partial charge on any atom is 0.230 e. The summed E-state index contributed by atoms with van der Waals surface area (Å²) in [6, 6.07) is 10.0. The van der Waals surface area contributed by atoms with E-state index in [1.807, 2.05) is 35.2 Å². The third kappa shape index (κ3) is 5.14. The molecule has 1 aromatic carbocycles. The fourth-order valence-electron chi connectivity index (χ4n) is 2.50. The van der Waals surface area contributed by atoms with E-state index in [1.165, 1.54) is 0 Å². The highest BCUT2D eigenvalue weighted by atomic mass is 16.5. The van der Waals surface area contributed by atoms with Crippen LogP contribution < -0.4 is 5.73 Å². The van der Waals surface area contributed by atoms with E-state index in [4.69, 9.17) is 10.5 Å². The number of hydrogen-bond donors (Lipinski definition) is 1. The van der Waals surface area contributed by atoms with Crippen molar-refractivity contribution < 1.29 is 9.53 Å². The molecular formula is C17H28N2O2. The molecule has 0 aliphatic heterocycles. The van der Waals surface area contributed by atoms with Gasteiger partial charge in [-0.15, -0.1) is 0 Å². The Hall–Kier alpha value is -1.39. The average molecular weight is 292 g/mol. The van der Waals surface area contributed by atoms with Crippen LogP contribution in [0.15, 0.2) is 30.3 Å². The molecule has 0 aromatic heterocycles. The minimum Gasteiger partial charge on any atom is -0.383 e. The van der Waals surface area contributed by atoms with Gasteiger partial charge in [-0.2, -0.15) is 0 Å². The molecule has 2 N–H and O–H groups in total. The van der Waals surface area contributed by atoms with Gasteiger partial charge in [0.2, 0.25) is 5.91 Å². The molecule has 0 aliphatic rings. The zero-order valence-corrected chi connectivity index (χ0v) is 13.4. The molecule has 4 nitrogen and oxygen atoms in total. The topological polar surface area (TPSA) is 55.6 Å². The van der Waals surface area contributed by atoms with Gasteiger partial charge in [0.05, 0.1) is 12.5 Å². The van der Waals surface area contributed by atoms with E-state index in [9.17, 15) is 4.79 Å². The van der Waals surface area contributed by atoms with Gasteiger partial charge in [-0.05, 0) is 11.5 Å². The monoisotopic (exact) mass is 292 g/mol. The quantitative estimate of drug-likeness (QED) is 0.759. The zero-order chi connectivity index (χ0) is 15.7. The molecule has 1 aromatic rings. The molecule has 1 amide bonds. The van der Waals surface area contributed by atoms with Crippen molar-refractivity contribution in [1.82, 2.24) is 4.90 Å². The van der Waals surface area contributed by atoms with Crippen molar-refractivity contribution in [2.75, 3.05) is 33.4 Å². The molecule has 0 radical (unpaired) electrons. The molecule has 2 atom stereocenters. The molecule has 4 heteroatoms. The Balaban J connectivity index is 2.97. The lowest BCUT2D eigenvalue weighted by atomic mass is 9.84. The first kappa shape index (κ1) is 17.7. The van der Waals surface area contributed by atoms with Gasteiger partial charge in [-0.3, -0.25) is 4.79 Å².